The fourth-order valence-corrected chi connectivity index (χ4v) is 2.09. The Balaban J connectivity index is 2.04. The molecular formula is C11H13N3O2S. The van der Waals surface area contributed by atoms with Crippen LogP contribution in [0.3, 0.4) is 0 Å². The first-order valence-electron chi connectivity index (χ1n) is 5.09. The number of amides is 1. The maximum absolute atomic E-state index is 11.9. The van der Waals surface area contributed by atoms with Crippen molar-refractivity contribution in [3.63, 3.8) is 0 Å². The zero-order chi connectivity index (χ0) is 12.3. The lowest BCUT2D eigenvalue weighted by Gasteiger charge is -2.02. The molecule has 5 nitrogen and oxygen atoms in total. The summed E-state index contributed by atoms with van der Waals surface area (Å²) in [7, 11) is 3.25. The van der Waals surface area contributed by atoms with Crippen molar-refractivity contribution in [1.82, 2.24) is 15.1 Å². The van der Waals surface area contributed by atoms with Crippen molar-refractivity contribution in [2.75, 3.05) is 7.11 Å². The van der Waals surface area contributed by atoms with Crippen molar-refractivity contribution in [3.8, 4) is 5.88 Å². The maximum Gasteiger partial charge on any atom is 0.258 e. The van der Waals surface area contributed by atoms with Gasteiger partial charge in [0.05, 0.1) is 13.7 Å². The summed E-state index contributed by atoms with van der Waals surface area (Å²) in [6, 6.07) is 3.93. The van der Waals surface area contributed by atoms with Crippen LogP contribution in [0.4, 0.5) is 0 Å². The van der Waals surface area contributed by atoms with Gasteiger partial charge >= 0.3 is 0 Å². The molecule has 0 radical (unpaired) electrons. The summed E-state index contributed by atoms with van der Waals surface area (Å²) in [6.07, 6.45) is 1.64. The molecule has 2 aromatic rings. The Kier molecular flexibility index (Phi) is 3.43. The van der Waals surface area contributed by atoms with Gasteiger partial charge in [0.1, 0.15) is 5.56 Å². The van der Waals surface area contributed by atoms with E-state index >= 15 is 0 Å². The van der Waals surface area contributed by atoms with Crippen LogP contribution in [-0.2, 0) is 13.6 Å². The lowest BCUT2D eigenvalue weighted by molar-refractivity contribution is 0.0948. The number of rotatable bonds is 4. The number of nitrogens with one attached hydrogen (secondary N) is 1. The Bertz CT molecular complexity index is 505. The van der Waals surface area contributed by atoms with Gasteiger partial charge < -0.3 is 10.1 Å². The van der Waals surface area contributed by atoms with E-state index < -0.39 is 0 Å². The largest absolute Gasteiger partial charge is 0.479 e. The van der Waals surface area contributed by atoms with E-state index in [0.29, 0.717) is 18.0 Å². The number of aryl methyl sites for hydroxylation is 1. The van der Waals surface area contributed by atoms with Crippen LogP contribution in [0.5, 0.6) is 5.88 Å². The van der Waals surface area contributed by atoms with Gasteiger partial charge in [-0.3, -0.25) is 9.48 Å². The van der Waals surface area contributed by atoms with Crippen LogP contribution in [0, 0.1) is 0 Å². The number of carbonyl (C=O) groups excluding carboxylic acids is 1. The highest BCUT2D eigenvalue weighted by Crippen LogP contribution is 2.15. The van der Waals surface area contributed by atoms with Gasteiger partial charge in [-0.15, -0.1) is 16.4 Å². The monoisotopic (exact) mass is 251 g/mol. The van der Waals surface area contributed by atoms with E-state index in [9.17, 15) is 4.79 Å². The highest BCUT2D eigenvalue weighted by Gasteiger charge is 2.15. The smallest absolute Gasteiger partial charge is 0.258 e. The van der Waals surface area contributed by atoms with Crippen LogP contribution in [0.15, 0.2) is 23.7 Å². The molecule has 2 rings (SSSR count). The summed E-state index contributed by atoms with van der Waals surface area (Å²) in [5.41, 5.74) is 0.451. The van der Waals surface area contributed by atoms with Gasteiger partial charge in [-0.05, 0) is 11.4 Å². The third-order valence-corrected chi connectivity index (χ3v) is 3.11. The summed E-state index contributed by atoms with van der Waals surface area (Å²) in [5.74, 6) is 0.166. The first-order valence-corrected chi connectivity index (χ1v) is 5.97. The fraction of sp³-hybridized carbons (Fsp3) is 0.273. The number of ether oxygens (including phenoxy) is 1. The van der Waals surface area contributed by atoms with Crippen LogP contribution < -0.4 is 10.1 Å². The van der Waals surface area contributed by atoms with Gasteiger partial charge in [0.15, 0.2) is 0 Å². The summed E-state index contributed by atoms with van der Waals surface area (Å²) >= 11 is 1.61. The Hall–Kier alpha value is -1.82. The van der Waals surface area contributed by atoms with Crippen molar-refractivity contribution in [2.45, 2.75) is 6.54 Å². The topological polar surface area (TPSA) is 56.2 Å². The Morgan fingerprint density at radius 1 is 1.65 bits per heavy atom. The number of methoxy groups -OCH3 is 1. The van der Waals surface area contributed by atoms with Gasteiger partial charge in [-0.25, -0.2) is 0 Å². The average molecular weight is 251 g/mol. The third kappa shape index (κ3) is 2.65. The second-order valence-corrected chi connectivity index (χ2v) is 4.52. The van der Waals surface area contributed by atoms with Crippen LogP contribution >= 0.6 is 11.3 Å². The minimum absolute atomic E-state index is 0.177. The molecule has 0 fully saturated rings. The quantitative estimate of drug-likeness (QED) is 0.894. The second kappa shape index (κ2) is 5.01. The molecule has 6 heteroatoms. The van der Waals surface area contributed by atoms with Crippen LogP contribution in [-0.4, -0.2) is 22.8 Å². The lowest BCUT2D eigenvalue weighted by Crippen LogP contribution is -2.22. The molecule has 0 aliphatic rings. The predicted molar refractivity (Wildman–Crippen MR) is 65.2 cm³/mol. The van der Waals surface area contributed by atoms with E-state index in [4.69, 9.17) is 4.74 Å². The highest BCUT2D eigenvalue weighted by atomic mass is 32.1. The van der Waals surface area contributed by atoms with Crippen LogP contribution in [0.25, 0.3) is 0 Å². The first kappa shape index (κ1) is 11.7. The molecule has 1 N–H and O–H groups in total. The number of nitrogens with zero attached hydrogens (tertiary/aromatic N) is 2. The van der Waals surface area contributed by atoms with Gasteiger partial charge in [0.2, 0.25) is 5.88 Å². The molecule has 90 valence electrons. The van der Waals surface area contributed by atoms with Gasteiger partial charge in [-0.1, -0.05) is 6.07 Å². The Labute approximate surface area is 103 Å². The number of hydrogen-bond donors (Lipinski definition) is 1. The summed E-state index contributed by atoms with van der Waals surface area (Å²) in [5, 5.41) is 8.84. The maximum atomic E-state index is 11.9. The molecule has 0 saturated heterocycles. The van der Waals surface area contributed by atoms with Crippen LogP contribution in [0.1, 0.15) is 15.2 Å². The molecule has 0 atom stereocenters. The van der Waals surface area contributed by atoms with E-state index in [1.807, 2.05) is 17.5 Å². The molecule has 0 aliphatic carbocycles. The SMILES string of the molecule is COc1nn(C)cc1C(=O)NCc1cccs1. The minimum atomic E-state index is -0.177. The molecule has 2 aromatic heterocycles. The molecular weight excluding hydrogens is 238 g/mol. The van der Waals surface area contributed by atoms with Gasteiger partial charge in [0, 0.05) is 18.1 Å². The zero-order valence-corrected chi connectivity index (χ0v) is 10.5. The molecule has 0 aromatic carbocycles. The predicted octanol–water partition coefficient (Wildman–Crippen LogP) is 1.42. The highest BCUT2D eigenvalue weighted by molar-refractivity contribution is 7.09. The van der Waals surface area contributed by atoms with Crippen molar-refractivity contribution < 1.29 is 9.53 Å². The summed E-state index contributed by atoms with van der Waals surface area (Å²) in [6.45, 7) is 0.522. The van der Waals surface area contributed by atoms with E-state index in [0.717, 1.165) is 4.88 Å². The number of carbonyl (C=O) groups is 1. The van der Waals surface area contributed by atoms with E-state index in [2.05, 4.69) is 10.4 Å². The Morgan fingerprint density at radius 3 is 3.12 bits per heavy atom. The molecule has 0 saturated carbocycles. The molecule has 0 aliphatic heterocycles. The minimum Gasteiger partial charge on any atom is -0.479 e. The summed E-state index contributed by atoms with van der Waals surface area (Å²) in [4.78, 5) is 13.0. The van der Waals surface area contributed by atoms with Crippen molar-refractivity contribution in [3.05, 3.63) is 34.2 Å². The van der Waals surface area contributed by atoms with Crippen molar-refractivity contribution in [2.24, 2.45) is 7.05 Å². The van der Waals surface area contributed by atoms with E-state index in [1.54, 1.807) is 29.3 Å². The summed E-state index contributed by atoms with van der Waals surface area (Å²) < 4.78 is 6.59. The van der Waals surface area contributed by atoms with Gasteiger partial charge in [0.25, 0.3) is 5.91 Å². The molecule has 0 spiro atoms. The molecule has 1 amide bonds. The lowest BCUT2D eigenvalue weighted by atomic mass is 10.3. The third-order valence-electron chi connectivity index (χ3n) is 2.24. The number of hydrogen-bond acceptors (Lipinski definition) is 4. The van der Waals surface area contributed by atoms with Crippen molar-refractivity contribution in [1.29, 1.82) is 0 Å². The van der Waals surface area contributed by atoms with E-state index in [-0.39, 0.29) is 5.91 Å². The average Bonchev–Trinajstić information content (AvgIpc) is 2.94. The Morgan fingerprint density at radius 2 is 2.47 bits per heavy atom. The van der Waals surface area contributed by atoms with Gasteiger partial charge in [-0.2, -0.15) is 0 Å². The zero-order valence-electron chi connectivity index (χ0n) is 9.64. The number of aromatic nitrogens is 2. The molecule has 0 unspecified atom stereocenters. The number of thiophene rings is 1. The standard InChI is InChI=1S/C11H13N3O2S/c1-14-7-9(11(13-14)16-2)10(15)12-6-8-4-3-5-17-8/h3-5,7H,6H2,1-2H3,(H,12,15). The van der Waals surface area contributed by atoms with Crippen LogP contribution in [0.2, 0.25) is 0 Å². The molecule has 0 bridgehead atoms. The molecule has 17 heavy (non-hydrogen) atoms. The first-order chi connectivity index (χ1) is 8.20. The second-order valence-electron chi connectivity index (χ2n) is 3.49. The fourth-order valence-electron chi connectivity index (χ4n) is 1.45. The van der Waals surface area contributed by atoms with Crippen molar-refractivity contribution >= 4 is 17.2 Å². The molecule has 2 heterocycles. The van der Waals surface area contributed by atoms with E-state index in [1.165, 1.54) is 7.11 Å². The normalized spacial score (nSPS) is 10.2.